The lowest BCUT2D eigenvalue weighted by molar-refractivity contribution is 0.167. The molecule has 0 bridgehead atoms. The summed E-state index contributed by atoms with van der Waals surface area (Å²) >= 11 is 0. The molecule has 1 aromatic rings. The summed E-state index contributed by atoms with van der Waals surface area (Å²) in [6.07, 6.45) is 0.549. The first kappa shape index (κ1) is 15.4. The molecule has 0 saturated heterocycles. The second-order valence-electron chi connectivity index (χ2n) is 5.49. The third kappa shape index (κ3) is 3.37. The molecule has 1 heterocycles. The Bertz CT molecular complexity index is 586. The summed E-state index contributed by atoms with van der Waals surface area (Å²) in [5.74, 6) is -0.374. The molecule has 1 aliphatic heterocycles. The average Bonchev–Trinajstić information content (AvgIpc) is 2.31. The number of aliphatic hydroxyl groups excluding tert-OH is 1. The van der Waals surface area contributed by atoms with Crippen LogP contribution < -0.4 is 5.32 Å². The maximum Gasteiger partial charge on any atom is 0.178 e. The molecule has 2 rings (SSSR count). The molecule has 4 nitrogen and oxygen atoms in total. The van der Waals surface area contributed by atoms with Gasteiger partial charge in [-0.3, -0.25) is 0 Å². The quantitative estimate of drug-likeness (QED) is 0.832. The fraction of sp³-hybridized carbons (Fsp3) is 0.571. The highest BCUT2D eigenvalue weighted by Crippen LogP contribution is 2.33. The first-order chi connectivity index (χ1) is 9.29. The molecule has 3 unspecified atom stereocenters. The third-order valence-corrected chi connectivity index (χ3v) is 5.35. The van der Waals surface area contributed by atoms with Crippen molar-refractivity contribution in [3.63, 3.8) is 0 Å². The van der Waals surface area contributed by atoms with Crippen LogP contribution in [0.4, 0.5) is 4.39 Å². The van der Waals surface area contributed by atoms with Gasteiger partial charge in [-0.1, -0.05) is 0 Å². The van der Waals surface area contributed by atoms with Crippen molar-refractivity contribution in [3.05, 3.63) is 29.6 Å². The Balaban J connectivity index is 2.28. The van der Waals surface area contributed by atoms with Crippen LogP contribution >= 0.6 is 0 Å². The number of benzene rings is 1. The summed E-state index contributed by atoms with van der Waals surface area (Å²) in [6.45, 7) is 3.63. The fourth-order valence-corrected chi connectivity index (χ4v) is 4.31. The molecule has 1 aliphatic rings. The highest BCUT2D eigenvalue weighted by Gasteiger charge is 2.31. The van der Waals surface area contributed by atoms with Crippen LogP contribution in [-0.2, 0) is 9.84 Å². The fourth-order valence-electron chi connectivity index (χ4n) is 2.71. The lowest BCUT2D eigenvalue weighted by Gasteiger charge is -2.29. The van der Waals surface area contributed by atoms with Gasteiger partial charge in [-0.05, 0) is 50.5 Å². The minimum Gasteiger partial charge on any atom is -0.393 e. The summed E-state index contributed by atoms with van der Waals surface area (Å²) in [5, 5.41) is 12.7. The largest absolute Gasteiger partial charge is 0.393 e. The number of aliphatic hydroxyl groups is 1. The molecule has 0 amide bonds. The first-order valence-corrected chi connectivity index (χ1v) is 8.41. The van der Waals surface area contributed by atoms with Crippen molar-refractivity contribution < 1.29 is 17.9 Å². The molecule has 0 radical (unpaired) electrons. The Morgan fingerprint density at radius 3 is 2.80 bits per heavy atom. The van der Waals surface area contributed by atoms with E-state index in [2.05, 4.69) is 5.32 Å². The number of fused-ring (bicyclic) bond motifs is 1. The Labute approximate surface area is 118 Å². The van der Waals surface area contributed by atoms with Crippen molar-refractivity contribution >= 4 is 9.84 Å². The van der Waals surface area contributed by atoms with Gasteiger partial charge >= 0.3 is 0 Å². The zero-order valence-electron chi connectivity index (χ0n) is 11.6. The van der Waals surface area contributed by atoms with Crippen LogP contribution in [0.2, 0.25) is 0 Å². The summed E-state index contributed by atoms with van der Waals surface area (Å²) in [6, 6.07) is 3.64. The van der Waals surface area contributed by atoms with E-state index in [1.54, 1.807) is 6.92 Å². The zero-order chi connectivity index (χ0) is 14.9. The van der Waals surface area contributed by atoms with Crippen LogP contribution in [0.25, 0.3) is 0 Å². The Hall–Kier alpha value is -0.980. The maximum atomic E-state index is 13.4. The number of hydrogen-bond donors (Lipinski definition) is 2. The molecule has 2 N–H and O–H groups in total. The van der Waals surface area contributed by atoms with Gasteiger partial charge in [-0.25, -0.2) is 12.8 Å². The van der Waals surface area contributed by atoms with Crippen molar-refractivity contribution in [3.8, 4) is 0 Å². The van der Waals surface area contributed by atoms with Gasteiger partial charge in [0.1, 0.15) is 5.82 Å². The van der Waals surface area contributed by atoms with E-state index in [-0.39, 0.29) is 22.7 Å². The van der Waals surface area contributed by atoms with Crippen LogP contribution in [0.15, 0.2) is 23.1 Å². The lowest BCUT2D eigenvalue weighted by Crippen LogP contribution is -2.36. The van der Waals surface area contributed by atoms with E-state index in [1.165, 1.54) is 18.2 Å². The molecule has 6 heteroatoms. The standard InChI is InChI=1S/C14H20FNO3S/c1-9(7-10(2)17)16-13-5-6-20(18,19)14-4-3-11(15)8-12(13)14/h3-4,8-10,13,16-17H,5-7H2,1-2H3. The summed E-state index contributed by atoms with van der Waals surface area (Å²) < 4.78 is 37.4. The number of nitrogens with one attached hydrogen (secondary N) is 1. The second-order valence-corrected chi connectivity index (χ2v) is 7.57. The van der Waals surface area contributed by atoms with E-state index in [9.17, 15) is 17.9 Å². The molecule has 112 valence electrons. The van der Waals surface area contributed by atoms with Crippen molar-refractivity contribution in [2.24, 2.45) is 0 Å². The molecule has 0 spiro atoms. The molecule has 0 aliphatic carbocycles. The van der Waals surface area contributed by atoms with E-state index in [0.29, 0.717) is 18.4 Å². The SMILES string of the molecule is CC(O)CC(C)NC1CCS(=O)(=O)c2ccc(F)cc21. The van der Waals surface area contributed by atoms with Gasteiger partial charge in [-0.2, -0.15) is 0 Å². The number of halogens is 1. The summed E-state index contributed by atoms with van der Waals surface area (Å²) in [7, 11) is -3.31. The van der Waals surface area contributed by atoms with E-state index in [4.69, 9.17) is 0 Å². The molecule has 0 saturated carbocycles. The Kier molecular flexibility index (Phi) is 4.46. The minimum absolute atomic E-state index is 0.0249. The summed E-state index contributed by atoms with van der Waals surface area (Å²) in [5.41, 5.74) is 0.494. The normalized spacial score (nSPS) is 23.9. The predicted molar refractivity (Wildman–Crippen MR) is 74.7 cm³/mol. The minimum atomic E-state index is -3.31. The van der Waals surface area contributed by atoms with Gasteiger partial charge in [0.15, 0.2) is 9.84 Å². The number of sulfone groups is 1. The zero-order valence-corrected chi connectivity index (χ0v) is 12.5. The Morgan fingerprint density at radius 2 is 2.15 bits per heavy atom. The summed E-state index contributed by atoms with van der Waals surface area (Å²) in [4.78, 5) is 0.215. The van der Waals surface area contributed by atoms with Crippen LogP contribution in [-0.4, -0.2) is 31.4 Å². The molecule has 1 aromatic carbocycles. The van der Waals surface area contributed by atoms with Crippen LogP contribution in [0.3, 0.4) is 0 Å². The third-order valence-electron chi connectivity index (χ3n) is 3.54. The van der Waals surface area contributed by atoms with Crippen LogP contribution in [0.1, 0.15) is 38.3 Å². The number of hydrogen-bond acceptors (Lipinski definition) is 4. The second kappa shape index (κ2) is 5.79. The Morgan fingerprint density at radius 1 is 1.45 bits per heavy atom. The van der Waals surface area contributed by atoms with Crippen molar-refractivity contribution in [1.29, 1.82) is 0 Å². The molecular weight excluding hydrogens is 281 g/mol. The van der Waals surface area contributed by atoms with E-state index < -0.39 is 21.8 Å². The van der Waals surface area contributed by atoms with Crippen molar-refractivity contribution in [2.75, 3.05) is 5.75 Å². The van der Waals surface area contributed by atoms with Crippen molar-refractivity contribution in [2.45, 2.75) is 49.8 Å². The van der Waals surface area contributed by atoms with Gasteiger partial charge < -0.3 is 10.4 Å². The highest BCUT2D eigenvalue weighted by molar-refractivity contribution is 7.91. The average molecular weight is 301 g/mol. The van der Waals surface area contributed by atoms with Crippen LogP contribution in [0.5, 0.6) is 0 Å². The molecule has 3 atom stereocenters. The van der Waals surface area contributed by atoms with Crippen LogP contribution in [0, 0.1) is 5.82 Å². The monoisotopic (exact) mass is 301 g/mol. The van der Waals surface area contributed by atoms with Gasteiger partial charge in [0.05, 0.1) is 16.8 Å². The predicted octanol–water partition coefficient (Wildman–Crippen LogP) is 1.79. The van der Waals surface area contributed by atoms with Crippen molar-refractivity contribution in [1.82, 2.24) is 5.32 Å². The lowest BCUT2D eigenvalue weighted by atomic mass is 10.0. The topological polar surface area (TPSA) is 66.4 Å². The van der Waals surface area contributed by atoms with Gasteiger partial charge in [0.2, 0.25) is 0 Å². The van der Waals surface area contributed by atoms with Gasteiger partial charge in [0, 0.05) is 12.1 Å². The van der Waals surface area contributed by atoms with Gasteiger partial charge in [0.25, 0.3) is 0 Å². The van der Waals surface area contributed by atoms with Gasteiger partial charge in [-0.15, -0.1) is 0 Å². The van der Waals surface area contributed by atoms with E-state index in [0.717, 1.165) is 0 Å². The molecule has 20 heavy (non-hydrogen) atoms. The highest BCUT2D eigenvalue weighted by atomic mass is 32.2. The molecule has 0 fully saturated rings. The number of rotatable bonds is 4. The van der Waals surface area contributed by atoms with E-state index >= 15 is 0 Å². The molecular formula is C14H20FNO3S. The van der Waals surface area contributed by atoms with E-state index in [1.807, 2.05) is 6.92 Å². The maximum absolute atomic E-state index is 13.4. The smallest absolute Gasteiger partial charge is 0.178 e. The molecule has 0 aromatic heterocycles. The first-order valence-electron chi connectivity index (χ1n) is 6.76.